The van der Waals surface area contributed by atoms with Gasteiger partial charge in [0.2, 0.25) is 0 Å². The monoisotopic (exact) mass is 495 g/mol. The molecule has 3 atom stereocenters. The number of nitrogens with zero attached hydrogens (tertiary/aromatic N) is 3. The topological polar surface area (TPSA) is 123 Å². The molecule has 11 heteroatoms. The zero-order chi connectivity index (χ0) is 24.7. The second kappa shape index (κ2) is 12.2. The number of amides is 1. The van der Waals surface area contributed by atoms with Gasteiger partial charge in [0, 0.05) is 13.7 Å². The first kappa shape index (κ1) is 26.0. The number of rotatable bonds is 11. The van der Waals surface area contributed by atoms with E-state index in [1.807, 2.05) is 18.7 Å². The number of ether oxygens (including phenoxy) is 2. The first-order valence-corrected chi connectivity index (χ1v) is 12.2. The van der Waals surface area contributed by atoms with Crippen LogP contribution in [-0.2, 0) is 15.9 Å². The van der Waals surface area contributed by atoms with Crippen molar-refractivity contribution in [1.82, 2.24) is 20.3 Å². The van der Waals surface area contributed by atoms with Crippen molar-refractivity contribution in [3.8, 4) is 0 Å². The van der Waals surface area contributed by atoms with E-state index in [1.54, 1.807) is 7.11 Å². The summed E-state index contributed by atoms with van der Waals surface area (Å²) in [5.74, 6) is -0.567. The largest absolute Gasteiger partial charge is 0.461 e. The van der Waals surface area contributed by atoms with Crippen LogP contribution in [0, 0.1) is 5.92 Å². The second-order valence-corrected chi connectivity index (χ2v) is 8.80. The van der Waals surface area contributed by atoms with Crippen molar-refractivity contribution in [2.24, 2.45) is 5.92 Å². The molecule has 0 aliphatic carbocycles. The summed E-state index contributed by atoms with van der Waals surface area (Å²) in [4.78, 5) is 38.6. The minimum absolute atomic E-state index is 0.0654. The lowest BCUT2D eigenvalue weighted by atomic mass is 9.86. The van der Waals surface area contributed by atoms with Crippen LogP contribution in [0.1, 0.15) is 73.3 Å². The van der Waals surface area contributed by atoms with E-state index >= 15 is 0 Å². The maximum atomic E-state index is 12.9. The first-order valence-electron chi connectivity index (χ1n) is 11.9. The Bertz CT molecular complexity index is 961. The summed E-state index contributed by atoms with van der Waals surface area (Å²) in [5, 5.41) is 3.40. The molecule has 1 aliphatic rings. The lowest BCUT2D eigenvalue weighted by Crippen LogP contribution is -2.60. The van der Waals surface area contributed by atoms with Gasteiger partial charge in [-0.25, -0.2) is 9.78 Å². The Morgan fingerprint density at radius 2 is 2.06 bits per heavy atom. The lowest BCUT2D eigenvalue weighted by Gasteiger charge is -2.42. The van der Waals surface area contributed by atoms with Crippen LogP contribution in [0.15, 0.2) is 10.7 Å². The molecule has 3 heterocycles. The Morgan fingerprint density at radius 1 is 1.26 bits per heavy atom. The Labute approximate surface area is 204 Å². The van der Waals surface area contributed by atoms with E-state index in [-0.39, 0.29) is 35.5 Å². The highest BCUT2D eigenvalue weighted by Crippen LogP contribution is 2.28. The molecule has 0 bridgehead atoms. The second-order valence-electron chi connectivity index (χ2n) is 8.44. The third kappa shape index (κ3) is 6.09. The number of unbranched alkanes of at least 4 members (excludes halogenated alkanes) is 1. The molecule has 1 amide bonds. The van der Waals surface area contributed by atoms with Crippen molar-refractivity contribution in [3.63, 3.8) is 0 Å². The third-order valence-corrected chi connectivity index (χ3v) is 6.34. The van der Waals surface area contributed by atoms with Crippen LogP contribution in [0.25, 0.3) is 0 Å². The van der Waals surface area contributed by atoms with E-state index < -0.39 is 5.97 Å². The maximum absolute atomic E-state index is 12.9. The minimum Gasteiger partial charge on any atom is -0.461 e. The number of hydrogen-bond acceptors (Lipinski definition) is 8. The molecule has 0 saturated carbocycles. The maximum Gasteiger partial charge on any atom is 0.360 e. The fraction of sp³-hybridized carbons (Fsp3) is 0.652. The summed E-state index contributed by atoms with van der Waals surface area (Å²) in [6.45, 7) is 7.43. The minimum atomic E-state index is -0.498. The number of anilines is 1. The van der Waals surface area contributed by atoms with Gasteiger partial charge in [-0.2, -0.15) is 4.98 Å². The standard InChI is InChI=1S/C23H34ClN5O5/c1-5-8-10-33-22(31)16-13-34-23(26-16)29-11-14(9-6-2)18(17(12-29)32-4)27-21(30)20-25-15(7-3)19(24)28-20/h13-14,17-18H,5-12H2,1-4H3,(H,25,28)(H,27,30). The molecule has 3 rings (SSSR count). The number of imidazole rings is 1. The molecule has 34 heavy (non-hydrogen) atoms. The number of methoxy groups -OCH3 is 1. The van der Waals surface area contributed by atoms with Crippen LogP contribution in [-0.4, -0.2) is 65.8 Å². The number of aryl methyl sites for hydroxylation is 1. The van der Waals surface area contributed by atoms with Crippen molar-refractivity contribution in [2.75, 3.05) is 31.7 Å². The van der Waals surface area contributed by atoms with Gasteiger partial charge in [-0.3, -0.25) is 4.79 Å². The number of carbonyl (C=O) groups is 2. The quantitative estimate of drug-likeness (QED) is 0.358. The van der Waals surface area contributed by atoms with Crippen LogP contribution in [0.3, 0.4) is 0 Å². The van der Waals surface area contributed by atoms with E-state index in [1.165, 1.54) is 6.26 Å². The van der Waals surface area contributed by atoms with Crippen LogP contribution in [0.2, 0.25) is 5.15 Å². The summed E-state index contributed by atoms with van der Waals surface area (Å²) >= 11 is 6.11. The number of oxazole rings is 1. The van der Waals surface area contributed by atoms with Crippen LogP contribution in [0.5, 0.6) is 0 Å². The van der Waals surface area contributed by atoms with Gasteiger partial charge in [0.15, 0.2) is 16.7 Å². The molecule has 0 aromatic carbocycles. The van der Waals surface area contributed by atoms with E-state index in [0.29, 0.717) is 37.3 Å². The first-order chi connectivity index (χ1) is 16.4. The fourth-order valence-corrected chi connectivity index (χ4v) is 4.44. The molecular weight excluding hydrogens is 462 g/mol. The zero-order valence-corrected chi connectivity index (χ0v) is 21.0. The molecule has 1 saturated heterocycles. The SMILES string of the molecule is CCCCOC(=O)c1coc(N2CC(CCC)C(NC(=O)c3nc(Cl)c(CC)[nH]3)C(OC)C2)n1. The number of esters is 1. The lowest BCUT2D eigenvalue weighted by molar-refractivity contribution is 0.0319. The Balaban J connectivity index is 1.72. The van der Waals surface area contributed by atoms with Gasteiger partial charge in [0.25, 0.3) is 11.9 Å². The highest BCUT2D eigenvalue weighted by molar-refractivity contribution is 6.30. The molecule has 0 radical (unpaired) electrons. The molecule has 1 fully saturated rings. The highest BCUT2D eigenvalue weighted by Gasteiger charge is 2.39. The number of hydrogen-bond donors (Lipinski definition) is 2. The Hall–Kier alpha value is -2.59. The zero-order valence-electron chi connectivity index (χ0n) is 20.2. The summed E-state index contributed by atoms with van der Waals surface area (Å²) in [6.07, 6.45) is 5.17. The molecule has 3 unspecified atom stereocenters. The van der Waals surface area contributed by atoms with E-state index in [9.17, 15) is 9.59 Å². The molecule has 1 aliphatic heterocycles. The van der Waals surface area contributed by atoms with E-state index in [4.69, 9.17) is 25.5 Å². The molecule has 2 N–H and O–H groups in total. The average molecular weight is 496 g/mol. The summed E-state index contributed by atoms with van der Waals surface area (Å²) < 4.78 is 16.6. The number of piperidine rings is 1. The average Bonchev–Trinajstić information content (AvgIpc) is 3.47. The van der Waals surface area contributed by atoms with Gasteiger partial charge in [0.05, 0.1) is 31.0 Å². The smallest absolute Gasteiger partial charge is 0.360 e. The van der Waals surface area contributed by atoms with Gasteiger partial charge in [0.1, 0.15) is 6.26 Å². The molecule has 2 aromatic rings. The normalized spacial score (nSPS) is 20.4. The summed E-state index contributed by atoms with van der Waals surface area (Å²) in [5.41, 5.74) is 0.868. The number of aromatic amines is 1. The van der Waals surface area contributed by atoms with Crippen molar-refractivity contribution < 1.29 is 23.5 Å². The highest BCUT2D eigenvalue weighted by atomic mass is 35.5. The summed E-state index contributed by atoms with van der Waals surface area (Å²) in [6, 6.07) is 0.0943. The Morgan fingerprint density at radius 3 is 2.71 bits per heavy atom. The van der Waals surface area contributed by atoms with Crippen LogP contribution >= 0.6 is 11.6 Å². The number of halogens is 1. The Kier molecular flexibility index (Phi) is 9.35. The van der Waals surface area contributed by atoms with E-state index in [0.717, 1.165) is 31.4 Å². The van der Waals surface area contributed by atoms with Crippen molar-refractivity contribution >= 4 is 29.5 Å². The molecular formula is C23H34ClN5O5. The van der Waals surface area contributed by atoms with Gasteiger partial charge >= 0.3 is 5.97 Å². The molecule has 0 spiro atoms. The van der Waals surface area contributed by atoms with Crippen molar-refractivity contribution in [2.45, 2.75) is 65.0 Å². The number of nitrogens with one attached hydrogen (secondary N) is 2. The number of H-pyrrole nitrogens is 1. The fourth-order valence-electron chi connectivity index (χ4n) is 4.17. The van der Waals surface area contributed by atoms with Gasteiger partial charge in [-0.1, -0.05) is 45.2 Å². The van der Waals surface area contributed by atoms with E-state index in [2.05, 4.69) is 27.2 Å². The number of aromatic nitrogens is 3. The van der Waals surface area contributed by atoms with Crippen LogP contribution in [0.4, 0.5) is 6.01 Å². The third-order valence-electron chi connectivity index (χ3n) is 6.02. The van der Waals surface area contributed by atoms with Crippen LogP contribution < -0.4 is 10.2 Å². The van der Waals surface area contributed by atoms with Gasteiger partial charge in [-0.15, -0.1) is 0 Å². The van der Waals surface area contributed by atoms with Gasteiger partial charge < -0.3 is 29.1 Å². The van der Waals surface area contributed by atoms with Gasteiger partial charge in [-0.05, 0) is 25.2 Å². The van der Waals surface area contributed by atoms with Crippen molar-refractivity contribution in [3.05, 3.63) is 28.6 Å². The number of carbonyl (C=O) groups excluding carboxylic acids is 2. The predicted octanol–water partition coefficient (Wildman–Crippen LogP) is 3.62. The summed E-state index contributed by atoms with van der Waals surface area (Å²) in [7, 11) is 1.61. The van der Waals surface area contributed by atoms with Crippen molar-refractivity contribution in [1.29, 1.82) is 0 Å². The molecule has 188 valence electrons. The molecule has 10 nitrogen and oxygen atoms in total. The predicted molar refractivity (Wildman–Crippen MR) is 127 cm³/mol. The molecule has 2 aromatic heterocycles.